The van der Waals surface area contributed by atoms with E-state index >= 15 is 0 Å². The molecule has 0 saturated carbocycles. The maximum absolute atomic E-state index is 12.8. The molecule has 1 aromatic carbocycles. The van der Waals surface area contributed by atoms with Gasteiger partial charge in [-0.2, -0.15) is 0 Å². The van der Waals surface area contributed by atoms with Gasteiger partial charge in [0, 0.05) is 11.6 Å². The Kier molecular flexibility index (Phi) is 6.57. The van der Waals surface area contributed by atoms with Crippen molar-refractivity contribution < 1.29 is 33.2 Å². The molecule has 32 heavy (non-hydrogen) atoms. The molecule has 1 aromatic heterocycles. The molecule has 2 aromatic rings. The third-order valence-electron chi connectivity index (χ3n) is 4.74. The maximum Gasteiger partial charge on any atom is 0.373 e. The summed E-state index contributed by atoms with van der Waals surface area (Å²) in [6.45, 7) is 3.42. The zero-order valence-electron chi connectivity index (χ0n) is 17.6. The standard InChI is InChI=1S/C21H21N3O8/c1-4-12(2)31-18-13(6-5-7-16(18)24(28)29)10-15-19(25)23(21(27)22-15)11-14-8-9-17(32-14)20(26)30-3/h5-10,12H,4,11H2,1-3H3,(H,22,27)/b15-10-/t12-/m1/s1. The molecule has 0 unspecified atom stereocenters. The topological polar surface area (TPSA) is 141 Å². The fourth-order valence-corrected chi connectivity index (χ4v) is 2.91. The summed E-state index contributed by atoms with van der Waals surface area (Å²) >= 11 is 0. The summed E-state index contributed by atoms with van der Waals surface area (Å²) in [5.74, 6) is -1.20. The Bertz CT molecular complexity index is 1100. The first-order valence-electron chi connectivity index (χ1n) is 9.70. The van der Waals surface area contributed by atoms with E-state index in [1.165, 1.54) is 37.5 Å². The van der Waals surface area contributed by atoms with Crippen LogP contribution in [0.15, 0.2) is 40.4 Å². The van der Waals surface area contributed by atoms with Gasteiger partial charge >= 0.3 is 17.7 Å². The molecule has 11 heteroatoms. The van der Waals surface area contributed by atoms with Crippen molar-refractivity contribution in [1.29, 1.82) is 0 Å². The highest BCUT2D eigenvalue weighted by Crippen LogP contribution is 2.34. The third kappa shape index (κ3) is 4.61. The van der Waals surface area contributed by atoms with Gasteiger partial charge in [-0.25, -0.2) is 9.59 Å². The van der Waals surface area contributed by atoms with Crippen LogP contribution in [-0.4, -0.2) is 40.9 Å². The lowest BCUT2D eigenvalue weighted by atomic mass is 10.1. The smallest absolute Gasteiger partial charge is 0.373 e. The molecule has 168 valence electrons. The monoisotopic (exact) mass is 443 g/mol. The average Bonchev–Trinajstić information content (AvgIpc) is 3.34. The van der Waals surface area contributed by atoms with E-state index in [-0.39, 0.29) is 46.9 Å². The minimum atomic E-state index is -0.702. The van der Waals surface area contributed by atoms with E-state index in [4.69, 9.17) is 9.15 Å². The van der Waals surface area contributed by atoms with Crippen LogP contribution in [0.25, 0.3) is 6.08 Å². The van der Waals surface area contributed by atoms with Crippen molar-refractivity contribution in [1.82, 2.24) is 10.2 Å². The summed E-state index contributed by atoms with van der Waals surface area (Å²) < 4.78 is 15.6. The van der Waals surface area contributed by atoms with Crippen LogP contribution in [-0.2, 0) is 16.1 Å². The number of nitrogens with one attached hydrogen (secondary N) is 1. The molecule has 1 saturated heterocycles. The summed E-state index contributed by atoms with van der Waals surface area (Å²) in [7, 11) is 1.20. The number of para-hydroxylation sites is 1. The number of benzene rings is 1. The molecule has 0 radical (unpaired) electrons. The van der Waals surface area contributed by atoms with Gasteiger partial charge in [-0.1, -0.05) is 19.1 Å². The van der Waals surface area contributed by atoms with E-state index in [2.05, 4.69) is 10.1 Å². The van der Waals surface area contributed by atoms with Crippen LogP contribution in [0.1, 0.15) is 42.1 Å². The molecule has 1 atom stereocenters. The van der Waals surface area contributed by atoms with Gasteiger partial charge in [-0.15, -0.1) is 0 Å². The number of rotatable bonds is 8. The first-order chi connectivity index (χ1) is 15.2. The van der Waals surface area contributed by atoms with E-state index in [9.17, 15) is 24.5 Å². The van der Waals surface area contributed by atoms with Crippen molar-refractivity contribution in [2.24, 2.45) is 0 Å². The zero-order chi connectivity index (χ0) is 23.4. The van der Waals surface area contributed by atoms with Crippen LogP contribution in [0.4, 0.5) is 10.5 Å². The molecular formula is C21H21N3O8. The highest BCUT2D eigenvalue weighted by molar-refractivity contribution is 6.14. The molecule has 1 fully saturated rings. The first kappa shape index (κ1) is 22.5. The average molecular weight is 443 g/mol. The minimum absolute atomic E-state index is 0.00797. The van der Waals surface area contributed by atoms with Gasteiger partial charge in [0.15, 0.2) is 0 Å². The Morgan fingerprint density at radius 2 is 2.06 bits per heavy atom. The second-order valence-corrected chi connectivity index (χ2v) is 6.93. The fraction of sp³-hybridized carbons (Fsp3) is 0.286. The molecule has 2 heterocycles. The van der Waals surface area contributed by atoms with Gasteiger partial charge in [0.05, 0.1) is 24.7 Å². The zero-order valence-corrected chi connectivity index (χ0v) is 17.6. The normalized spacial score (nSPS) is 15.6. The van der Waals surface area contributed by atoms with E-state index in [0.717, 1.165) is 4.90 Å². The summed E-state index contributed by atoms with van der Waals surface area (Å²) in [6, 6.07) is 6.44. The quantitative estimate of drug-likeness (QED) is 0.215. The number of hydrogen-bond donors (Lipinski definition) is 1. The van der Waals surface area contributed by atoms with Gasteiger partial charge in [-0.3, -0.25) is 19.8 Å². The lowest BCUT2D eigenvalue weighted by molar-refractivity contribution is -0.386. The van der Waals surface area contributed by atoms with Crippen molar-refractivity contribution in [3.8, 4) is 5.75 Å². The van der Waals surface area contributed by atoms with Crippen molar-refractivity contribution in [3.63, 3.8) is 0 Å². The number of amides is 3. The molecule has 1 aliphatic heterocycles. The van der Waals surface area contributed by atoms with Gasteiger partial charge < -0.3 is 19.2 Å². The van der Waals surface area contributed by atoms with Gasteiger partial charge in [-0.05, 0) is 31.6 Å². The first-order valence-corrected chi connectivity index (χ1v) is 9.70. The lowest BCUT2D eigenvalue weighted by Crippen LogP contribution is -2.30. The number of urea groups is 1. The Balaban J connectivity index is 1.89. The molecule has 11 nitrogen and oxygen atoms in total. The predicted octanol–water partition coefficient (Wildman–Crippen LogP) is 3.24. The van der Waals surface area contributed by atoms with Crippen LogP contribution >= 0.6 is 0 Å². The van der Waals surface area contributed by atoms with Crippen LogP contribution in [0.3, 0.4) is 0 Å². The number of ether oxygens (including phenoxy) is 2. The van der Waals surface area contributed by atoms with Gasteiger partial charge in [0.1, 0.15) is 11.5 Å². The van der Waals surface area contributed by atoms with Crippen LogP contribution in [0, 0.1) is 10.1 Å². The number of nitro benzene ring substituents is 1. The highest BCUT2D eigenvalue weighted by atomic mass is 16.6. The number of esters is 1. The SMILES string of the molecule is CC[C@@H](C)Oc1c(/C=C2\NC(=O)N(Cc3ccc(C(=O)OC)o3)C2=O)cccc1[N+](=O)[O-]. The lowest BCUT2D eigenvalue weighted by Gasteiger charge is -2.15. The van der Waals surface area contributed by atoms with Crippen molar-refractivity contribution >= 4 is 29.7 Å². The summed E-state index contributed by atoms with van der Waals surface area (Å²) in [4.78, 5) is 48.4. The molecule has 0 spiro atoms. The number of carbonyl (C=O) groups excluding carboxylic acids is 3. The number of furan rings is 1. The number of methoxy groups -OCH3 is 1. The van der Waals surface area contributed by atoms with E-state index in [1.54, 1.807) is 13.0 Å². The van der Waals surface area contributed by atoms with Crippen LogP contribution < -0.4 is 10.1 Å². The fourth-order valence-electron chi connectivity index (χ4n) is 2.91. The van der Waals surface area contributed by atoms with Gasteiger partial charge in [0.25, 0.3) is 5.91 Å². The van der Waals surface area contributed by atoms with Gasteiger partial charge in [0.2, 0.25) is 11.5 Å². The summed E-state index contributed by atoms with van der Waals surface area (Å²) in [6.07, 6.45) is 1.64. The number of nitrogens with zero attached hydrogens (tertiary/aromatic N) is 2. The largest absolute Gasteiger partial charge is 0.483 e. The molecule has 3 rings (SSSR count). The summed E-state index contributed by atoms with van der Waals surface area (Å²) in [5.41, 5.74) is -0.0561. The summed E-state index contributed by atoms with van der Waals surface area (Å²) in [5, 5.41) is 13.9. The van der Waals surface area contributed by atoms with Crippen LogP contribution in [0.2, 0.25) is 0 Å². The second kappa shape index (κ2) is 9.33. The Labute approximate surface area is 182 Å². The Hall–Kier alpha value is -4.15. The number of carbonyl (C=O) groups is 3. The Morgan fingerprint density at radius 3 is 2.72 bits per heavy atom. The van der Waals surface area contributed by atoms with E-state index in [1.807, 2.05) is 6.92 Å². The van der Waals surface area contributed by atoms with Crippen molar-refractivity contribution in [2.75, 3.05) is 7.11 Å². The maximum atomic E-state index is 12.8. The molecule has 3 amide bonds. The third-order valence-corrected chi connectivity index (χ3v) is 4.74. The van der Waals surface area contributed by atoms with Crippen LogP contribution in [0.5, 0.6) is 5.75 Å². The number of nitro groups is 1. The number of imide groups is 1. The van der Waals surface area contributed by atoms with Crippen molar-refractivity contribution in [3.05, 3.63) is 63.2 Å². The second-order valence-electron chi connectivity index (χ2n) is 6.93. The molecule has 0 aliphatic carbocycles. The number of hydrogen-bond acceptors (Lipinski definition) is 8. The predicted molar refractivity (Wildman–Crippen MR) is 111 cm³/mol. The Morgan fingerprint density at radius 1 is 1.31 bits per heavy atom. The molecule has 1 aliphatic rings. The molecule has 0 bridgehead atoms. The molecule has 1 N–H and O–H groups in total. The van der Waals surface area contributed by atoms with E-state index in [0.29, 0.717) is 6.42 Å². The van der Waals surface area contributed by atoms with E-state index < -0.39 is 22.8 Å². The van der Waals surface area contributed by atoms with Crippen molar-refractivity contribution in [2.45, 2.75) is 32.9 Å². The molecular weight excluding hydrogens is 422 g/mol. The highest BCUT2D eigenvalue weighted by Gasteiger charge is 2.35. The minimum Gasteiger partial charge on any atom is -0.483 e.